The van der Waals surface area contributed by atoms with Crippen molar-refractivity contribution < 1.29 is 17.9 Å². The van der Waals surface area contributed by atoms with E-state index in [0.717, 1.165) is 12.1 Å². The average molecular weight is 365 g/mol. The van der Waals surface area contributed by atoms with E-state index < -0.39 is 6.36 Å². The topological polar surface area (TPSA) is 115 Å². The summed E-state index contributed by atoms with van der Waals surface area (Å²) in [5.74, 6) is -0.190. The van der Waals surface area contributed by atoms with Gasteiger partial charge in [0.2, 0.25) is 0 Å². The van der Waals surface area contributed by atoms with E-state index in [2.05, 4.69) is 41.1 Å². The summed E-state index contributed by atoms with van der Waals surface area (Å²) in [6, 6.07) is 3.51. The third-order valence-electron chi connectivity index (χ3n) is 2.21. The molecular formula is C10H8BrF3N6O. The number of nitrogens with zero attached hydrogens (tertiary/aromatic N) is 3. The number of anilines is 2. The molecule has 112 valence electrons. The van der Waals surface area contributed by atoms with Crippen LogP contribution >= 0.6 is 15.9 Å². The van der Waals surface area contributed by atoms with Crippen molar-refractivity contribution in [3.05, 3.63) is 22.7 Å². The van der Waals surface area contributed by atoms with E-state index in [0.29, 0.717) is 0 Å². The number of azo groups is 1. The summed E-state index contributed by atoms with van der Waals surface area (Å²) in [5.41, 5.74) is 11.5. The largest absolute Gasteiger partial charge is 0.573 e. The molecule has 21 heavy (non-hydrogen) atoms. The monoisotopic (exact) mass is 364 g/mol. The molecule has 0 fully saturated rings. The zero-order valence-electron chi connectivity index (χ0n) is 10.1. The second-order valence-corrected chi connectivity index (χ2v) is 4.59. The van der Waals surface area contributed by atoms with Crippen molar-refractivity contribution in [3.8, 4) is 5.75 Å². The Labute approximate surface area is 124 Å². The van der Waals surface area contributed by atoms with Crippen LogP contribution in [0.15, 0.2) is 32.9 Å². The summed E-state index contributed by atoms with van der Waals surface area (Å²) >= 11 is 3.07. The molecule has 0 aliphatic heterocycles. The predicted molar refractivity (Wildman–Crippen MR) is 72.4 cm³/mol. The molecule has 2 aromatic rings. The van der Waals surface area contributed by atoms with E-state index >= 15 is 0 Å². The van der Waals surface area contributed by atoms with E-state index in [1.54, 1.807) is 0 Å². The summed E-state index contributed by atoms with van der Waals surface area (Å²) in [7, 11) is 0. The second kappa shape index (κ2) is 5.60. The highest BCUT2D eigenvalue weighted by molar-refractivity contribution is 9.10. The first-order valence-corrected chi connectivity index (χ1v) is 6.12. The van der Waals surface area contributed by atoms with Crippen LogP contribution in [0.2, 0.25) is 0 Å². The van der Waals surface area contributed by atoms with Gasteiger partial charge in [0.25, 0.3) is 0 Å². The molecule has 11 heteroatoms. The Morgan fingerprint density at radius 3 is 2.48 bits per heavy atom. The first kappa shape index (κ1) is 15.1. The summed E-state index contributed by atoms with van der Waals surface area (Å²) < 4.78 is 40.3. The molecule has 0 saturated heterocycles. The lowest BCUT2D eigenvalue weighted by atomic mass is 10.3. The number of aromatic amines is 1. The number of hydrogen-bond donors (Lipinski definition) is 3. The van der Waals surface area contributed by atoms with Crippen molar-refractivity contribution in [2.75, 3.05) is 11.5 Å². The van der Waals surface area contributed by atoms with Crippen LogP contribution in [-0.4, -0.2) is 16.6 Å². The Bertz CT molecular complexity index is 664. The lowest BCUT2D eigenvalue weighted by Crippen LogP contribution is -2.16. The summed E-state index contributed by atoms with van der Waals surface area (Å²) in [6.07, 6.45) is -4.76. The highest BCUT2D eigenvalue weighted by Gasteiger charge is 2.31. The Kier molecular flexibility index (Phi) is 4.02. The van der Waals surface area contributed by atoms with Crippen LogP contribution in [-0.2, 0) is 0 Å². The van der Waals surface area contributed by atoms with Gasteiger partial charge in [0.1, 0.15) is 17.3 Å². The number of hydrogen-bond acceptors (Lipinski definition) is 6. The minimum Gasteiger partial charge on any atom is -0.406 e. The number of H-pyrrole nitrogens is 1. The molecule has 1 heterocycles. The fraction of sp³-hybridized carbons (Fsp3) is 0.100. The normalized spacial score (nSPS) is 12.0. The molecule has 0 spiro atoms. The third-order valence-corrected chi connectivity index (χ3v) is 2.84. The number of nitrogens with one attached hydrogen (secondary N) is 1. The summed E-state index contributed by atoms with van der Waals surface area (Å²) in [6.45, 7) is 0. The Morgan fingerprint density at radius 1 is 1.24 bits per heavy atom. The molecule has 2 rings (SSSR count). The van der Waals surface area contributed by atoms with Crippen molar-refractivity contribution in [1.29, 1.82) is 0 Å². The zero-order chi connectivity index (χ0) is 15.6. The number of rotatable bonds is 3. The minimum absolute atomic E-state index is 0.0596. The maximum atomic E-state index is 12.1. The van der Waals surface area contributed by atoms with Crippen molar-refractivity contribution in [1.82, 2.24) is 10.2 Å². The summed E-state index contributed by atoms with van der Waals surface area (Å²) in [5, 5.41) is 13.7. The molecule has 1 aromatic carbocycles. The number of ether oxygens (including phenoxy) is 1. The molecule has 0 aliphatic carbocycles. The van der Waals surface area contributed by atoms with Crippen LogP contribution in [0, 0.1) is 0 Å². The average Bonchev–Trinajstić information content (AvgIpc) is 2.67. The molecular weight excluding hydrogens is 357 g/mol. The quantitative estimate of drug-likeness (QED) is 0.720. The smallest absolute Gasteiger partial charge is 0.406 e. The van der Waals surface area contributed by atoms with Gasteiger partial charge >= 0.3 is 6.36 Å². The molecule has 5 N–H and O–H groups in total. The van der Waals surface area contributed by atoms with Gasteiger partial charge in [-0.25, -0.2) is 0 Å². The second-order valence-electron chi connectivity index (χ2n) is 3.73. The van der Waals surface area contributed by atoms with Crippen LogP contribution in [0.1, 0.15) is 0 Å². The Balaban J connectivity index is 2.22. The third kappa shape index (κ3) is 3.84. The van der Waals surface area contributed by atoms with Crippen LogP contribution in [0.4, 0.5) is 36.2 Å². The van der Waals surface area contributed by atoms with Crippen molar-refractivity contribution >= 4 is 38.9 Å². The molecule has 0 radical (unpaired) electrons. The first-order valence-electron chi connectivity index (χ1n) is 5.32. The van der Waals surface area contributed by atoms with Gasteiger partial charge in [0, 0.05) is 4.47 Å². The van der Waals surface area contributed by atoms with Gasteiger partial charge in [0.05, 0.1) is 0 Å². The SMILES string of the molecule is Nc1n[nH]c(N)c1N=Nc1ccc(OC(F)(F)F)cc1Br. The molecule has 1 aromatic heterocycles. The molecule has 0 bridgehead atoms. The molecule has 0 saturated carbocycles. The van der Waals surface area contributed by atoms with Crippen molar-refractivity contribution in [2.45, 2.75) is 6.36 Å². The first-order chi connectivity index (χ1) is 9.76. The van der Waals surface area contributed by atoms with E-state index in [1.165, 1.54) is 6.07 Å². The minimum atomic E-state index is -4.76. The fourth-order valence-electron chi connectivity index (χ4n) is 1.34. The van der Waals surface area contributed by atoms with Crippen molar-refractivity contribution in [2.24, 2.45) is 10.2 Å². The van der Waals surface area contributed by atoms with Gasteiger partial charge in [-0.15, -0.1) is 23.4 Å². The Morgan fingerprint density at radius 2 is 1.95 bits per heavy atom. The number of nitrogen functional groups attached to an aromatic ring is 2. The molecule has 0 aliphatic rings. The number of halogens is 4. The van der Waals surface area contributed by atoms with E-state index in [1.807, 2.05) is 0 Å². The zero-order valence-corrected chi connectivity index (χ0v) is 11.7. The molecule has 0 atom stereocenters. The van der Waals surface area contributed by atoms with Crippen LogP contribution < -0.4 is 16.2 Å². The molecule has 0 unspecified atom stereocenters. The molecule has 0 amide bonds. The predicted octanol–water partition coefficient (Wildman–Crippen LogP) is 3.65. The van der Waals surface area contributed by atoms with Crippen molar-refractivity contribution in [3.63, 3.8) is 0 Å². The highest BCUT2D eigenvalue weighted by atomic mass is 79.9. The van der Waals surface area contributed by atoms with Gasteiger partial charge in [-0.2, -0.15) is 5.10 Å². The number of alkyl halides is 3. The number of nitrogens with two attached hydrogens (primary N) is 2. The van der Waals surface area contributed by atoms with Gasteiger partial charge < -0.3 is 16.2 Å². The highest BCUT2D eigenvalue weighted by Crippen LogP contribution is 2.34. The van der Waals surface area contributed by atoms with Crippen LogP contribution in [0.25, 0.3) is 0 Å². The number of aromatic nitrogens is 2. The van der Waals surface area contributed by atoms with E-state index in [-0.39, 0.29) is 33.2 Å². The number of benzene rings is 1. The van der Waals surface area contributed by atoms with Gasteiger partial charge in [-0.05, 0) is 34.1 Å². The van der Waals surface area contributed by atoms with E-state index in [9.17, 15) is 13.2 Å². The fourth-order valence-corrected chi connectivity index (χ4v) is 1.78. The lowest BCUT2D eigenvalue weighted by molar-refractivity contribution is -0.274. The van der Waals surface area contributed by atoms with Gasteiger partial charge in [-0.1, -0.05) is 0 Å². The maximum Gasteiger partial charge on any atom is 0.573 e. The standard InChI is InChI=1S/C10H8BrF3N6O/c11-5-3-4(21-10(12,13)14)1-2-6(5)17-18-7-8(15)19-20-9(7)16/h1-3H,(H5,15,16,19,20). The lowest BCUT2D eigenvalue weighted by Gasteiger charge is -2.09. The Hall–Kier alpha value is -2.30. The van der Waals surface area contributed by atoms with Gasteiger partial charge in [0.15, 0.2) is 11.5 Å². The molecule has 7 nitrogen and oxygen atoms in total. The summed E-state index contributed by atoms with van der Waals surface area (Å²) in [4.78, 5) is 0. The van der Waals surface area contributed by atoms with Crippen LogP contribution in [0.3, 0.4) is 0 Å². The van der Waals surface area contributed by atoms with E-state index in [4.69, 9.17) is 11.5 Å². The van der Waals surface area contributed by atoms with Crippen LogP contribution in [0.5, 0.6) is 5.75 Å². The maximum absolute atomic E-state index is 12.1. The van der Waals surface area contributed by atoms with Gasteiger partial charge in [-0.3, -0.25) is 5.10 Å².